The molecule has 0 bridgehead atoms. The number of carboxylic acid groups (broad SMARTS) is 1. The average molecular weight is 227 g/mol. The molecule has 0 fully saturated rings. The lowest BCUT2D eigenvalue weighted by molar-refractivity contribution is -0.173. The lowest BCUT2D eigenvalue weighted by Crippen LogP contribution is -2.49. The van der Waals surface area contributed by atoms with Gasteiger partial charge in [0.2, 0.25) is 0 Å². The van der Waals surface area contributed by atoms with Crippen LogP contribution in [0, 0.1) is 0 Å². The molecule has 0 aliphatic heterocycles. The van der Waals surface area contributed by atoms with Gasteiger partial charge in [0.05, 0.1) is 13.2 Å². The van der Waals surface area contributed by atoms with Crippen LogP contribution < -0.4 is 5.32 Å². The molecule has 0 aromatic carbocycles. The molecule has 2 atom stereocenters. The summed E-state index contributed by atoms with van der Waals surface area (Å²) in [7, 11) is 1.02. The van der Waals surface area contributed by atoms with Crippen molar-refractivity contribution in [2.24, 2.45) is 0 Å². The van der Waals surface area contributed by atoms with Gasteiger partial charge in [-0.25, -0.2) is 9.59 Å². The monoisotopic (exact) mass is 227 g/mol. The van der Waals surface area contributed by atoms with Gasteiger partial charge in [0.25, 0.3) is 0 Å². The van der Waals surface area contributed by atoms with Crippen LogP contribution in [0.1, 0.15) is 6.92 Å². The summed E-state index contributed by atoms with van der Waals surface area (Å²) in [6.45, 7) is -2.01. The van der Waals surface area contributed by atoms with Crippen LogP contribution in [0.15, 0.2) is 0 Å². The molecule has 0 aliphatic carbocycles. The highest BCUT2D eigenvalue weighted by molar-refractivity contribution is 5.80. The van der Waals surface area contributed by atoms with Crippen molar-refractivity contribution in [2.75, 3.05) is 7.11 Å². The maximum absolute atomic E-state index is 11.8. The molecule has 0 saturated carbocycles. The van der Waals surface area contributed by atoms with Gasteiger partial charge in [0, 0.05) is 0 Å². The van der Waals surface area contributed by atoms with Gasteiger partial charge in [-0.15, -0.1) is 0 Å². The third kappa shape index (κ3) is 5.11. The fourth-order valence-electron chi connectivity index (χ4n) is 0.807. The van der Waals surface area contributed by atoms with Crippen LogP contribution in [0.5, 0.6) is 0 Å². The number of methoxy groups -OCH3 is 1. The molecule has 0 spiro atoms. The molecule has 0 saturated heterocycles. The highest BCUT2D eigenvalue weighted by Gasteiger charge is 2.29. The van der Waals surface area contributed by atoms with Crippen molar-refractivity contribution < 1.29 is 33.0 Å². The number of hydrogen-bond acceptors (Lipinski definition) is 4. The van der Waals surface area contributed by atoms with E-state index in [9.17, 15) is 18.4 Å². The van der Waals surface area contributed by atoms with Crippen molar-refractivity contribution in [1.82, 2.24) is 5.32 Å². The number of aliphatic carboxylic acids is 1. The number of rotatable bonds is 5. The van der Waals surface area contributed by atoms with Gasteiger partial charge in [-0.3, -0.25) is 0 Å². The fourth-order valence-corrected chi connectivity index (χ4v) is 0.807. The van der Waals surface area contributed by atoms with Crippen LogP contribution >= 0.6 is 0 Å². The van der Waals surface area contributed by atoms with Crippen molar-refractivity contribution in [3.63, 3.8) is 0 Å². The number of alkyl carbamates (subject to hydrolysis) is 1. The smallest absolute Gasteiger partial charge is 0.407 e. The highest BCUT2D eigenvalue weighted by atomic mass is 19.3. The summed E-state index contributed by atoms with van der Waals surface area (Å²) in [6, 6.07) is -1.59. The number of hydrogen-bond donors (Lipinski definition) is 2. The molecule has 0 aromatic rings. The molecular formula is C7H11F2NO5. The minimum absolute atomic E-state index is 1.02. The van der Waals surface area contributed by atoms with Gasteiger partial charge in [0.15, 0.2) is 6.04 Å². The SMILES string of the molecule is COC(=O)NC(C(=O)O)C(C)OC(F)F. The molecule has 2 unspecified atom stereocenters. The van der Waals surface area contributed by atoms with Crippen molar-refractivity contribution in [3.05, 3.63) is 0 Å². The van der Waals surface area contributed by atoms with Crippen molar-refractivity contribution in [1.29, 1.82) is 0 Å². The quantitative estimate of drug-likeness (QED) is 0.711. The Labute approximate surface area is 84.2 Å². The predicted molar refractivity (Wildman–Crippen MR) is 43.5 cm³/mol. The summed E-state index contributed by atoms with van der Waals surface area (Å²) < 4.78 is 31.6. The Bertz CT molecular complexity index is 235. The number of carbonyl (C=O) groups is 2. The van der Waals surface area contributed by atoms with Crippen LogP contribution in [-0.4, -0.2) is 43.0 Å². The van der Waals surface area contributed by atoms with Crippen molar-refractivity contribution in [2.45, 2.75) is 25.7 Å². The molecule has 0 rings (SSSR count). The maximum Gasteiger partial charge on any atom is 0.407 e. The Kier molecular flexibility index (Phi) is 5.53. The molecule has 1 amide bonds. The van der Waals surface area contributed by atoms with Crippen LogP contribution in [-0.2, 0) is 14.3 Å². The molecule has 6 nitrogen and oxygen atoms in total. The Morgan fingerprint density at radius 3 is 2.27 bits per heavy atom. The van der Waals surface area contributed by atoms with Crippen molar-refractivity contribution >= 4 is 12.1 Å². The molecule has 2 N–H and O–H groups in total. The molecule has 15 heavy (non-hydrogen) atoms. The van der Waals surface area contributed by atoms with Crippen LogP contribution in [0.3, 0.4) is 0 Å². The minimum atomic E-state index is -3.11. The first-order chi connectivity index (χ1) is 6.88. The Balaban J connectivity index is 4.38. The van der Waals surface area contributed by atoms with E-state index in [4.69, 9.17) is 5.11 Å². The Morgan fingerprint density at radius 1 is 1.40 bits per heavy atom. The summed E-state index contributed by atoms with van der Waals surface area (Å²) in [5.74, 6) is -1.49. The standard InChI is InChI=1S/C7H11F2NO5/c1-3(15-6(8)9)4(5(11)12)10-7(13)14-2/h3-4,6H,1-2H3,(H,10,13)(H,11,12). The third-order valence-electron chi connectivity index (χ3n) is 1.51. The first kappa shape index (κ1) is 13.6. The zero-order chi connectivity index (χ0) is 12.0. The van der Waals surface area contributed by atoms with E-state index >= 15 is 0 Å². The van der Waals surface area contributed by atoms with Crippen LogP contribution in [0.25, 0.3) is 0 Å². The van der Waals surface area contributed by atoms with E-state index in [1.54, 1.807) is 0 Å². The van der Waals surface area contributed by atoms with Gasteiger partial charge in [-0.1, -0.05) is 0 Å². The summed E-state index contributed by atoms with van der Waals surface area (Å²) in [4.78, 5) is 21.3. The van der Waals surface area contributed by atoms with Crippen LogP contribution in [0.2, 0.25) is 0 Å². The van der Waals surface area contributed by atoms with Gasteiger partial charge in [-0.2, -0.15) is 8.78 Å². The Hall–Kier alpha value is -1.44. The first-order valence-corrected chi connectivity index (χ1v) is 3.89. The number of halogens is 2. The summed E-state index contributed by atoms with van der Waals surface area (Å²) in [5.41, 5.74) is 0. The number of amides is 1. The predicted octanol–water partition coefficient (Wildman–Crippen LogP) is 0.423. The summed E-state index contributed by atoms with van der Waals surface area (Å²) >= 11 is 0. The van der Waals surface area contributed by atoms with E-state index in [-0.39, 0.29) is 0 Å². The van der Waals surface area contributed by atoms with Gasteiger partial charge in [-0.05, 0) is 6.92 Å². The zero-order valence-corrected chi connectivity index (χ0v) is 8.07. The molecule has 0 aliphatic rings. The van der Waals surface area contributed by atoms with E-state index in [0.717, 1.165) is 14.0 Å². The Morgan fingerprint density at radius 2 is 1.93 bits per heavy atom. The van der Waals surface area contributed by atoms with Crippen molar-refractivity contribution in [3.8, 4) is 0 Å². The number of carboxylic acids is 1. The number of carbonyl (C=O) groups excluding carboxylic acids is 1. The topological polar surface area (TPSA) is 84.9 Å². The molecular weight excluding hydrogens is 216 g/mol. The summed E-state index contributed by atoms with van der Waals surface area (Å²) in [5, 5.41) is 10.5. The number of alkyl halides is 2. The van der Waals surface area contributed by atoms with Gasteiger partial charge >= 0.3 is 18.7 Å². The zero-order valence-electron chi connectivity index (χ0n) is 8.07. The van der Waals surface area contributed by atoms with Gasteiger partial charge in [0.1, 0.15) is 0 Å². The molecule has 88 valence electrons. The lowest BCUT2D eigenvalue weighted by atomic mass is 10.2. The molecule has 0 aromatic heterocycles. The molecule has 8 heteroatoms. The van der Waals surface area contributed by atoms with Gasteiger partial charge < -0.3 is 19.9 Å². The number of ether oxygens (including phenoxy) is 2. The third-order valence-corrected chi connectivity index (χ3v) is 1.51. The molecule has 0 radical (unpaired) electrons. The maximum atomic E-state index is 11.8. The number of nitrogens with one attached hydrogen (secondary N) is 1. The van der Waals surface area contributed by atoms with E-state index in [2.05, 4.69) is 9.47 Å². The average Bonchev–Trinajstić information content (AvgIpc) is 2.11. The van der Waals surface area contributed by atoms with E-state index in [0.29, 0.717) is 0 Å². The van der Waals surface area contributed by atoms with E-state index in [1.165, 1.54) is 0 Å². The van der Waals surface area contributed by atoms with Crippen LogP contribution in [0.4, 0.5) is 13.6 Å². The van der Waals surface area contributed by atoms with E-state index < -0.39 is 30.8 Å². The minimum Gasteiger partial charge on any atom is -0.480 e. The normalized spacial score (nSPS) is 14.5. The fraction of sp³-hybridized carbons (Fsp3) is 0.714. The second kappa shape index (κ2) is 6.12. The first-order valence-electron chi connectivity index (χ1n) is 3.89. The lowest BCUT2D eigenvalue weighted by Gasteiger charge is -2.20. The van der Waals surface area contributed by atoms with E-state index in [1.807, 2.05) is 5.32 Å². The second-order valence-electron chi connectivity index (χ2n) is 2.55. The largest absolute Gasteiger partial charge is 0.480 e. The molecule has 0 heterocycles. The second-order valence-corrected chi connectivity index (χ2v) is 2.55. The summed E-state index contributed by atoms with van der Waals surface area (Å²) in [6.07, 6.45) is -2.41. The highest BCUT2D eigenvalue weighted by Crippen LogP contribution is 2.06.